The summed E-state index contributed by atoms with van der Waals surface area (Å²) in [6.45, 7) is 1.84. The summed E-state index contributed by atoms with van der Waals surface area (Å²) >= 11 is 0. The molecule has 0 bridgehead atoms. The fraction of sp³-hybridized carbons (Fsp3) is 0.417. The molecule has 0 aliphatic heterocycles. The van der Waals surface area contributed by atoms with Crippen LogP contribution in [0.15, 0.2) is 30.3 Å². The van der Waals surface area contributed by atoms with E-state index in [4.69, 9.17) is 4.74 Å². The van der Waals surface area contributed by atoms with Gasteiger partial charge in [0.2, 0.25) is 0 Å². The first-order valence-corrected chi connectivity index (χ1v) is 7.59. The maximum Gasteiger partial charge on any atom is 0.410 e. The van der Waals surface area contributed by atoms with E-state index in [9.17, 15) is 14.3 Å². The molecule has 7 heteroatoms. The first-order valence-electron chi connectivity index (χ1n) is 5.83. The van der Waals surface area contributed by atoms with Gasteiger partial charge in [-0.05, 0) is 12.5 Å². The quantitative estimate of drug-likeness (QED) is 0.813. The van der Waals surface area contributed by atoms with Crippen molar-refractivity contribution >= 4 is 13.7 Å². The Kier molecular flexibility index (Phi) is 6.02. The van der Waals surface area contributed by atoms with Gasteiger partial charge in [0.15, 0.2) is 0 Å². The van der Waals surface area contributed by atoms with Crippen LogP contribution in [0, 0.1) is 0 Å². The summed E-state index contributed by atoms with van der Waals surface area (Å²) in [5.74, 6) is 0. The van der Waals surface area contributed by atoms with Gasteiger partial charge in [-0.2, -0.15) is 0 Å². The SMILES string of the molecule is CCOP(=O)(O)CN(C)C(=O)OCc1ccccc1. The zero-order chi connectivity index (χ0) is 14.3. The predicted molar refractivity (Wildman–Crippen MR) is 70.7 cm³/mol. The van der Waals surface area contributed by atoms with Gasteiger partial charge in [0.25, 0.3) is 0 Å². The highest BCUT2D eigenvalue weighted by Crippen LogP contribution is 2.41. The third-order valence-electron chi connectivity index (χ3n) is 2.24. The van der Waals surface area contributed by atoms with E-state index in [1.165, 1.54) is 7.05 Å². The van der Waals surface area contributed by atoms with Crippen molar-refractivity contribution in [3.8, 4) is 0 Å². The molecule has 0 aliphatic rings. The smallest absolute Gasteiger partial charge is 0.410 e. The van der Waals surface area contributed by atoms with Crippen LogP contribution in [0.1, 0.15) is 12.5 Å². The zero-order valence-corrected chi connectivity index (χ0v) is 11.9. The van der Waals surface area contributed by atoms with Crippen molar-refractivity contribution in [2.75, 3.05) is 19.9 Å². The molecule has 0 heterocycles. The van der Waals surface area contributed by atoms with Crippen molar-refractivity contribution in [1.82, 2.24) is 4.90 Å². The van der Waals surface area contributed by atoms with E-state index < -0.39 is 20.0 Å². The van der Waals surface area contributed by atoms with Crippen LogP contribution < -0.4 is 0 Å². The number of carbonyl (C=O) groups excluding carboxylic acids is 1. The van der Waals surface area contributed by atoms with E-state index in [0.29, 0.717) is 0 Å². The van der Waals surface area contributed by atoms with Gasteiger partial charge >= 0.3 is 13.7 Å². The minimum atomic E-state index is -3.77. The number of hydrogen-bond acceptors (Lipinski definition) is 4. The molecule has 0 radical (unpaired) electrons. The highest BCUT2D eigenvalue weighted by atomic mass is 31.2. The Bertz CT molecular complexity index is 451. The number of nitrogens with zero attached hydrogens (tertiary/aromatic N) is 1. The number of carbonyl (C=O) groups is 1. The average Bonchev–Trinajstić information content (AvgIpc) is 2.36. The summed E-state index contributed by atoms with van der Waals surface area (Å²) in [5, 5.41) is 0. The molecule has 0 saturated carbocycles. The topological polar surface area (TPSA) is 76.1 Å². The fourth-order valence-corrected chi connectivity index (χ4v) is 2.53. The van der Waals surface area contributed by atoms with E-state index in [2.05, 4.69) is 4.52 Å². The van der Waals surface area contributed by atoms with Crippen LogP contribution in [0.4, 0.5) is 4.79 Å². The molecule has 1 atom stereocenters. The highest BCUT2D eigenvalue weighted by Gasteiger charge is 2.24. The van der Waals surface area contributed by atoms with Crippen molar-refractivity contribution in [2.24, 2.45) is 0 Å². The number of benzene rings is 1. The minimum Gasteiger partial charge on any atom is -0.445 e. The van der Waals surface area contributed by atoms with E-state index in [-0.39, 0.29) is 13.2 Å². The van der Waals surface area contributed by atoms with Gasteiger partial charge in [0.05, 0.1) is 6.61 Å². The maximum absolute atomic E-state index is 11.6. The molecule has 1 unspecified atom stereocenters. The Morgan fingerprint density at radius 1 is 1.37 bits per heavy atom. The molecule has 1 aromatic carbocycles. The Morgan fingerprint density at radius 2 is 2.00 bits per heavy atom. The van der Waals surface area contributed by atoms with E-state index in [0.717, 1.165) is 10.5 Å². The molecule has 0 aliphatic carbocycles. The molecule has 0 saturated heterocycles. The molecular formula is C12H18NO5P. The fourth-order valence-electron chi connectivity index (χ4n) is 1.40. The zero-order valence-electron chi connectivity index (χ0n) is 11.0. The second-order valence-electron chi connectivity index (χ2n) is 3.93. The first-order chi connectivity index (χ1) is 8.94. The lowest BCUT2D eigenvalue weighted by molar-refractivity contribution is 0.107. The van der Waals surface area contributed by atoms with Crippen LogP contribution in [0.3, 0.4) is 0 Å². The van der Waals surface area contributed by atoms with Crippen LogP contribution in [0.25, 0.3) is 0 Å². The number of hydrogen-bond donors (Lipinski definition) is 1. The van der Waals surface area contributed by atoms with Gasteiger partial charge in [0, 0.05) is 7.05 Å². The Labute approximate surface area is 112 Å². The van der Waals surface area contributed by atoms with Crippen molar-refractivity contribution < 1.29 is 23.5 Å². The molecule has 1 aromatic rings. The molecule has 0 aromatic heterocycles. The second kappa shape index (κ2) is 7.28. The predicted octanol–water partition coefficient (Wildman–Crippen LogP) is 2.43. The Morgan fingerprint density at radius 3 is 2.58 bits per heavy atom. The third-order valence-corrected chi connectivity index (χ3v) is 3.68. The Hall–Kier alpha value is -1.36. The Balaban J connectivity index is 2.43. The van der Waals surface area contributed by atoms with Crippen molar-refractivity contribution in [3.63, 3.8) is 0 Å². The van der Waals surface area contributed by atoms with Gasteiger partial charge in [0.1, 0.15) is 12.9 Å². The van der Waals surface area contributed by atoms with Gasteiger partial charge < -0.3 is 14.2 Å². The maximum atomic E-state index is 11.6. The second-order valence-corrected chi connectivity index (χ2v) is 5.75. The minimum absolute atomic E-state index is 0.112. The van der Waals surface area contributed by atoms with Gasteiger partial charge in [-0.3, -0.25) is 9.46 Å². The molecule has 6 nitrogen and oxygen atoms in total. The van der Waals surface area contributed by atoms with Gasteiger partial charge in [-0.25, -0.2) is 4.79 Å². The van der Waals surface area contributed by atoms with E-state index >= 15 is 0 Å². The third kappa shape index (κ3) is 5.87. The number of ether oxygens (including phenoxy) is 1. The van der Waals surface area contributed by atoms with Crippen LogP contribution in [0.5, 0.6) is 0 Å². The highest BCUT2D eigenvalue weighted by molar-refractivity contribution is 7.52. The van der Waals surface area contributed by atoms with E-state index in [1.807, 2.05) is 30.3 Å². The molecule has 0 fully saturated rings. The lowest BCUT2D eigenvalue weighted by Gasteiger charge is -2.19. The summed E-state index contributed by atoms with van der Waals surface area (Å²) in [4.78, 5) is 22.0. The largest absolute Gasteiger partial charge is 0.445 e. The summed E-state index contributed by atoms with van der Waals surface area (Å²) in [6, 6.07) is 9.18. The lowest BCUT2D eigenvalue weighted by atomic mass is 10.2. The van der Waals surface area contributed by atoms with Gasteiger partial charge in [-0.1, -0.05) is 30.3 Å². The van der Waals surface area contributed by atoms with Crippen LogP contribution in [0.2, 0.25) is 0 Å². The first kappa shape index (κ1) is 15.7. The molecule has 1 rings (SSSR count). The standard InChI is InChI=1S/C12H18NO5P/c1-3-18-19(15,16)10-13(2)12(14)17-9-11-7-5-4-6-8-11/h4-8H,3,9-10H2,1-2H3,(H,15,16). The van der Waals surface area contributed by atoms with Crippen LogP contribution >= 0.6 is 7.60 Å². The van der Waals surface area contributed by atoms with E-state index in [1.54, 1.807) is 6.92 Å². The van der Waals surface area contributed by atoms with Crippen molar-refractivity contribution in [2.45, 2.75) is 13.5 Å². The molecule has 1 amide bonds. The molecule has 1 N–H and O–H groups in total. The molecule has 19 heavy (non-hydrogen) atoms. The summed E-state index contributed by atoms with van der Waals surface area (Å²) in [5.41, 5.74) is 0.848. The summed E-state index contributed by atoms with van der Waals surface area (Å²) < 4.78 is 21.2. The number of rotatable bonds is 6. The number of amides is 1. The van der Waals surface area contributed by atoms with Crippen LogP contribution in [-0.4, -0.2) is 35.8 Å². The van der Waals surface area contributed by atoms with Crippen molar-refractivity contribution in [1.29, 1.82) is 0 Å². The lowest BCUT2D eigenvalue weighted by Crippen LogP contribution is -2.28. The monoisotopic (exact) mass is 287 g/mol. The van der Waals surface area contributed by atoms with Gasteiger partial charge in [-0.15, -0.1) is 0 Å². The molecule has 106 valence electrons. The van der Waals surface area contributed by atoms with Crippen LogP contribution in [-0.2, 0) is 20.4 Å². The average molecular weight is 287 g/mol. The van der Waals surface area contributed by atoms with Crippen molar-refractivity contribution in [3.05, 3.63) is 35.9 Å². The summed E-state index contributed by atoms with van der Waals surface area (Å²) in [6.07, 6.45) is -1.06. The normalized spacial score (nSPS) is 13.6. The molecular weight excluding hydrogens is 269 g/mol. The molecule has 0 spiro atoms. The summed E-state index contributed by atoms with van der Waals surface area (Å²) in [7, 11) is -2.39.